The van der Waals surface area contributed by atoms with Gasteiger partial charge in [0.25, 0.3) is 0 Å². The van der Waals surface area contributed by atoms with Gasteiger partial charge in [-0.2, -0.15) is 5.10 Å². The number of rotatable bonds is 3. The van der Waals surface area contributed by atoms with E-state index in [1.165, 1.54) is 17.3 Å². The Bertz CT molecular complexity index is 462. The molecule has 82 valence electrons. The van der Waals surface area contributed by atoms with Gasteiger partial charge in [-0.05, 0) is 24.3 Å². The molecule has 0 saturated carbocycles. The lowest BCUT2D eigenvalue weighted by atomic mass is 10.3. The summed E-state index contributed by atoms with van der Waals surface area (Å²) in [6.45, 7) is 0.143. The average molecular weight is 217 g/mol. The van der Waals surface area contributed by atoms with Crippen LogP contribution in [0, 0.1) is 0 Å². The molecule has 0 aliphatic carbocycles. The van der Waals surface area contributed by atoms with Crippen LogP contribution in [-0.4, -0.2) is 20.7 Å². The molecule has 0 atom stereocenters. The summed E-state index contributed by atoms with van der Waals surface area (Å²) < 4.78 is 1.45. The second-order valence-electron chi connectivity index (χ2n) is 3.26. The lowest BCUT2D eigenvalue weighted by molar-refractivity contribution is -0.116. The molecule has 1 heterocycles. The van der Waals surface area contributed by atoms with Crippen LogP contribution >= 0.6 is 0 Å². The van der Waals surface area contributed by atoms with Gasteiger partial charge in [0, 0.05) is 11.4 Å². The van der Waals surface area contributed by atoms with Crippen LogP contribution < -0.4 is 11.1 Å². The van der Waals surface area contributed by atoms with Crippen LogP contribution in [0.25, 0.3) is 0 Å². The molecular weight excluding hydrogens is 206 g/mol. The number of benzene rings is 1. The smallest absolute Gasteiger partial charge is 0.246 e. The van der Waals surface area contributed by atoms with Crippen LogP contribution in [0.15, 0.2) is 36.9 Å². The van der Waals surface area contributed by atoms with Gasteiger partial charge in [-0.25, -0.2) is 9.67 Å². The number of nitrogens with zero attached hydrogens (tertiary/aromatic N) is 3. The summed E-state index contributed by atoms with van der Waals surface area (Å²) >= 11 is 0. The molecule has 1 amide bonds. The topological polar surface area (TPSA) is 85.8 Å². The van der Waals surface area contributed by atoms with Crippen molar-refractivity contribution in [3.63, 3.8) is 0 Å². The minimum atomic E-state index is -0.157. The zero-order valence-electron chi connectivity index (χ0n) is 8.50. The van der Waals surface area contributed by atoms with E-state index in [4.69, 9.17) is 5.73 Å². The van der Waals surface area contributed by atoms with Crippen LogP contribution in [0.2, 0.25) is 0 Å². The van der Waals surface area contributed by atoms with Gasteiger partial charge >= 0.3 is 0 Å². The number of hydrogen-bond donors (Lipinski definition) is 2. The van der Waals surface area contributed by atoms with Gasteiger partial charge in [0.05, 0.1) is 0 Å². The number of aromatic nitrogens is 3. The normalized spacial score (nSPS) is 10.0. The van der Waals surface area contributed by atoms with E-state index in [2.05, 4.69) is 15.4 Å². The van der Waals surface area contributed by atoms with Crippen molar-refractivity contribution in [2.75, 3.05) is 11.1 Å². The van der Waals surface area contributed by atoms with E-state index in [0.29, 0.717) is 11.4 Å². The molecular formula is C10H11N5O. The third kappa shape index (κ3) is 2.57. The SMILES string of the molecule is Nc1ccc(NC(=O)Cn2cncn2)cc1. The van der Waals surface area contributed by atoms with E-state index in [-0.39, 0.29) is 12.5 Å². The monoisotopic (exact) mass is 217 g/mol. The molecule has 0 unspecified atom stereocenters. The van der Waals surface area contributed by atoms with Crippen molar-refractivity contribution in [1.82, 2.24) is 14.8 Å². The molecule has 0 spiro atoms. The number of carbonyl (C=O) groups excluding carboxylic acids is 1. The summed E-state index contributed by atoms with van der Waals surface area (Å²) in [6.07, 6.45) is 2.87. The molecule has 6 nitrogen and oxygen atoms in total. The van der Waals surface area contributed by atoms with Gasteiger partial charge in [-0.3, -0.25) is 4.79 Å². The lowest BCUT2D eigenvalue weighted by Gasteiger charge is -2.04. The molecule has 0 aliphatic rings. The van der Waals surface area contributed by atoms with E-state index >= 15 is 0 Å². The number of nitrogen functional groups attached to an aromatic ring is 1. The molecule has 2 aromatic rings. The highest BCUT2D eigenvalue weighted by Crippen LogP contribution is 2.10. The zero-order chi connectivity index (χ0) is 11.4. The first-order chi connectivity index (χ1) is 7.74. The fourth-order valence-corrected chi connectivity index (χ4v) is 1.23. The standard InChI is InChI=1S/C10H11N5O/c11-8-1-3-9(4-2-8)14-10(16)5-15-7-12-6-13-15/h1-4,6-7H,5,11H2,(H,14,16). The van der Waals surface area contributed by atoms with Gasteiger partial charge in [-0.15, -0.1) is 0 Å². The average Bonchev–Trinajstić information content (AvgIpc) is 2.74. The number of hydrogen-bond acceptors (Lipinski definition) is 4. The lowest BCUT2D eigenvalue weighted by Crippen LogP contribution is -2.18. The van der Waals surface area contributed by atoms with Crippen LogP contribution in [0.3, 0.4) is 0 Å². The van der Waals surface area contributed by atoms with Crippen molar-refractivity contribution in [3.05, 3.63) is 36.9 Å². The molecule has 3 N–H and O–H groups in total. The quantitative estimate of drug-likeness (QED) is 0.733. The Hall–Kier alpha value is -2.37. The highest BCUT2D eigenvalue weighted by molar-refractivity contribution is 5.90. The Kier molecular flexibility index (Phi) is 2.81. The summed E-state index contributed by atoms with van der Waals surface area (Å²) in [5, 5.41) is 6.56. The first-order valence-corrected chi connectivity index (χ1v) is 4.72. The van der Waals surface area contributed by atoms with E-state index in [1.807, 2.05) is 0 Å². The first-order valence-electron chi connectivity index (χ1n) is 4.72. The summed E-state index contributed by atoms with van der Waals surface area (Å²) in [5.41, 5.74) is 6.90. The minimum absolute atomic E-state index is 0.143. The Morgan fingerprint density at radius 1 is 1.38 bits per heavy atom. The molecule has 0 fully saturated rings. The Morgan fingerprint density at radius 3 is 2.75 bits per heavy atom. The zero-order valence-corrected chi connectivity index (χ0v) is 8.50. The molecule has 0 radical (unpaired) electrons. The van der Waals surface area contributed by atoms with Crippen LogP contribution in [0.4, 0.5) is 11.4 Å². The van der Waals surface area contributed by atoms with Crippen molar-refractivity contribution in [2.45, 2.75) is 6.54 Å². The molecule has 1 aromatic heterocycles. The van der Waals surface area contributed by atoms with Gasteiger partial charge in [0.2, 0.25) is 5.91 Å². The van der Waals surface area contributed by atoms with Crippen molar-refractivity contribution >= 4 is 17.3 Å². The largest absolute Gasteiger partial charge is 0.399 e. The van der Waals surface area contributed by atoms with Gasteiger partial charge < -0.3 is 11.1 Å². The number of nitrogens with two attached hydrogens (primary N) is 1. The summed E-state index contributed by atoms with van der Waals surface area (Å²) in [7, 11) is 0. The Balaban J connectivity index is 1.95. The number of nitrogens with one attached hydrogen (secondary N) is 1. The first kappa shape index (κ1) is 10.2. The third-order valence-corrected chi connectivity index (χ3v) is 1.97. The predicted molar refractivity (Wildman–Crippen MR) is 59.5 cm³/mol. The molecule has 2 rings (SSSR count). The molecule has 0 aliphatic heterocycles. The van der Waals surface area contributed by atoms with Crippen molar-refractivity contribution < 1.29 is 4.79 Å². The van der Waals surface area contributed by atoms with Gasteiger partial charge in [-0.1, -0.05) is 0 Å². The van der Waals surface area contributed by atoms with E-state index in [0.717, 1.165) is 0 Å². The molecule has 0 saturated heterocycles. The fourth-order valence-electron chi connectivity index (χ4n) is 1.23. The molecule has 16 heavy (non-hydrogen) atoms. The predicted octanol–water partition coefficient (Wildman–Crippen LogP) is 0.499. The number of amides is 1. The highest BCUT2D eigenvalue weighted by Gasteiger charge is 2.03. The van der Waals surface area contributed by atoms with Crippen molar-refractivity contribution in [3.8, 4) is 0 Å². The molecule has 0 bridgehead atoms. The summed E-state index contributed by atoms with van der Waals surface area (Å²) in [6, 6.07) is 6.94. The van der Waals surface area contributed by atoms with Gasteiger partial charge in [0.15, 0.2) is 0 Å². The maximum Gasteiger partial charge on any atom is 0.246 e. The van der Waals surface area contributed by atoms with Crippen molar-refractivity contribution in [1.29, 1.82) is 0 Å². The van der Waals surface area contributed by atoms with E-state index in [1.54, 1.807) is 24.3 Å². The minimum Gasteiger partial charge on any atom is -0.399 e. The second-order valence-corrected chi connectivity index (χ2v) is 3.26. The number of anilines is 2. The van der Waals surface area contributed by atoms with Crippen molar-refractivity contribution in [2.24, 2.45) is 0 Å². The Morgan fingerprint density at radius 2 is 2.12 bits per heavy atom. The van der Waals surface area contributed by atoms with E-state index in [9.17, 15) is 4.79 Å². The van der Waals surface area contributed by atoms with Crippen LogP contribution in [0.1, 0.15) is 0 Å². The van der Waals surface area contributed by atoms with E-state index < -0.39 is 0 Å². The third-order valence-electron chi connectivity index (χ3n) is 1.97. The molecule has 6 heteroatoms. The summed E-state index contributed by atoms with van der Waals surface area (Å²) in [5.74, 6) is -0.157. The van der Waals surface area contributed by atoms with Crippen LogP contribution in [0.5, 0.6) is 0 Å². The maximum absolute atomic E-state index is 11.5. The fraction of sp³-hybridized carbons (Fsp3) is 0.100. The number of carbonyl (C=O) groups is 1. The maximum atomic E-state index is 11.5. The highest BCUT2D eigenvalue weighted by atomic mass is 16.2. The van der Waals surface area contributed by atoms with Gasteiger partial charge in [0.1, 0.15) is 19.2 Å². The van der Waals surface area contributed by atoms with Crippen LogP contribution in [-0.2, 0) is 11.3 Å². The Labute approximate surface area is 92.1 Å². The second kappa shape index (κ2) is 4.43. The summed E-state index contributed by atoms with van der Waals surface area (Å²) in [4.78, 5) is 15.3. The molecule has 1 aromatic carbocycles.